The first-order valence-electron chi connectivity index (χ1n) is 14.4. The molecule has 2 unspecified atom stereocenters. The number of rotatable bonds is 11. The quantitative estimate of drug-likeness (QED) is 0.404. The molecule has 0 radical (unpaired) electrons. The van der Waals surface area contributed by atoms with E-state index in [1.807, 2.05) is 58.0 Å². The van der Waals surface area contributed by atoms with Gasteiger partial charge in [-0.3, -0.25) is 14.4 Å². The third-order valence-corrected chi connectivity index (χ3v) is 11.0. The van der Waals surface area contributed by atoms with Crippen molar-refractivity contribution in [2.24, 2.45) is 11.8 Å². The Morgan fingerprint density at radius 3 is 2.35 bits per heavy atom. The molecule has 0 aromatic heterocycles. The number of likely N-dealkylation sites (tertiary alicyclic amines) is 1. The van der Waals surface area contributed by atoms with Crippen LogP contribution in [-0.4, -0.2) is 84.3 Å². The maximum atomic E-state index is 14.5. The van der Waals surface area contributed by atoms with E-state index in [0.717, 1.165) is 12.0 Å². The van der Waals surface area contributed by atoms with Crippen molar-refractivity contribution < 1.29 is 19.5 Å². The summed E-state index contributed by atoms with van der Waals surface area (Å²) in [6, 6.07) is 8.58. The summed E-state index contributed by atoms with van der Waals surface area (Å²) in [5.74, 6) is -1.58. The largest absolute Gasteiger partial charge is 0.394 e. The van der Waals surface area contributed by atoms with Gasteiger partial charge in [0, 0.05) is 29.9 Å². The highest BCUT2D eigenvalue weighted by molar-refractivity contribution is 8.02. The van der Waals surface area contributed by atoms with Gasteiger partial charge in [-0.25, -0.2) is 0 Å². The Balaban J connectivity index is 1.80. The molecule has 0 saturated carbocycles. The number of benzene rings is 1. The van der Waals surface area contributed by atoms with Crippen LogP contribution in [-0.2, 0) is 20.9 Å². The topological polar surface area (TPSA) is 81.2 Å². The van der Waals surface area contributed by atoms with E-state index in [2.05, 4.69) is 20.1 Å². The number of hydrogen-bond acceptors (Lipinski definition) is 5. The highest BCUT2D eigenvalue weighted by Gasteiger charge is 2.78. The number of thioether (sulfide) groups is 1. The Morgan fingerprint density at radius 1 is 1.15 bits per heavy atom. The van der Waals surface area contributed by atoms with Crippen molar-refractivity contribution in [1.29, 1.82) is 0 Å². The number of nitrogens with zero attached hydrogens (tertiary/aromatic N) is 3. The SMILES string of the molecule is C=CCN(Cc1ccccc1)C(=O)[C@@H]1[C@H]2C(=O)N([C@@H](CC)CO)C(C(=O)N(CC=C)C(C)(C)C)C23CC[C@@]1(C)S3. The lowest BCUT2D eigenvalue weighted by Crippen LogP contribution is -2.60. The zero-order valence-corrected chi connectivity index (χ0v) is 25.5. The molecule has 1 aromatic carbocycles. The van der Waals surface area contributed by atoms with Crippen LogP contribution in [0.1, 0.15) is 59.4 Å². The molecule has 3 saturated heterocycles. The number of aliphatic hydroxyl groups excluding tert-OH is 1. The second kappa shape index (κ2) is 11.4. The molecule has 0 aliphatic carbocycles. The fourth-order valence-electron chi connectivity index (χ4n) is 7.19. The maximum absolute atomic E-state index is 14.5. The predicted molar refractivity (Wildman–Crippen MR) is 160 cm³/mol. The fourth-order valence-corrected chi connectivity index (χ4v) is 9.52. The Labute approximate surface area is 243 Å². The zero-order chi connectivity index (χ0) is 29.5. The van der Waals surface area contributed by atoms with Crippen LogP contribution < -0.4 is 0 Å². The van der Waals surface area contributed by atoms with E-state index in [4.69, 9.17) is 0 Å². The smallest absolute Gasteiger partial charge is 0.247 e. The molecule has 218 valence electrons. The first kappa shape index (κ1) is 30.4. The molecule has 3 aliphatic heterocycles. The van der Waals surface area contributed by atoms with Crippen molar-refractivity contribution in [3.05, 3.63) is 61.2 Å². The van der Waals surface area contributed by atoms with Crippen LogP contribution >= 0.6 is 11.8 Å². The summed E-state index contributed by atoms with van der Waals surface area (Å²) in [6.45, 7) is 18.6. The number of amides is 3. The molecule has 3 heterocycles. The lowest BCUT2D eigenvalue weighted by Gasteiger charge is -2.43. The molecule has 3 fully saturated rings. The van der Waals surface area contributed by atoms with E-state index in [-0.39, 0.29) is 24.3 Å². The molecular formula is C32H45N3O4S. The monoisotopic (exact) mass is 567 g/mol. The van der Waals surface area contributed by atoms with Gasteiger partial charge in [-0.15, -0.1) is 24.9 Å². The van der Waals surface area contributed by atoms with Crippen molar-refractivity contribution in [2.75, 3.05) is 19.7 Å². The minimum Gasteiger partial charge on any atom is -0.394 e. The summed E-state index contributed by atoms with van der Waals surface area (Å²) in [4.78, 5) is 48.7. The van der Waals surface area contributed by atoms with Gasteiger partial charge in [0.2, 0.25) is 17.7 Å². The maximum Gasteiger partial charge on any atom is 0.247 e. The summed E-state index contributed by atoms with van der Waals surface area (Å²) in [6.07, 6.45) is 5.38. The van der Waals surface area contributed by atoms with Gasteiger partial charge in [0.05, 0.1) is 29.2 Å². The van der Waals surface area contributed by atoms with Crippen LogP contribution in [0.4, 0.5) is 0 Å². The Bertz CT molecular complexity index is 1150. The second-order valence-corrected chi connectivity index (χ2v) is 14.5. The number of carbonyl (C=O) groups excluding carboxylic acids is 3. The number of aliphatic hydroxyl groups is 1. The molecular weight excluding hydrogens is 522 g/mol. The summed E-state index contributed by atoms with van der Waals surface area (Å²) in [5, 5.41) is 10.4. The first-order chi connectivity index (χ1) is 18.9. The molecule has 1 spiro atoms. The lowest BCUT2D eigenvalue weighted by molar-refractivity contribution is -0.149. The average Bonchev–Trinajstić information content (AvgIpc) is 3.48. The fraction of sp³-hybridized carbons (Fsp3) is 0.594. The van der Waals surface area contributed by atoms with Crippen molar-refractivity contribution in [3.63, 3.8) is 0 Å². The van der Waals surface area contributed by atoms with Crippen LogP contribution in [0.2, 0.25) is 0 Å². The molecule has 3 amide bonds. The van der Waals surface area contributed by atoms with E-state index < -0.39 is 39.0 Å². The van der Waals surface area contributed by atoms with Crippen LogP contribution in [0.15, 0.2) is 55.6 Å². The molecule has 40 heavy (non-hydrogen) atoms. The first-order valence-corrected chi connectivity index (χ1v) is 15.2. The Hall–Kier alpha value is -2.58. The van der Waals surface area contributed by atoms with Gasteiger partial charge >= 0.3 is 0 Å². The van der Waals surface area contributed by atoms with Crippen LogP contribution in [0.5, 0.6) is 0 Å². The van der Waals surface area contributed by atoms with Crippen molar-refractivity contribution >= 4 is 29.5 Å². The van der Waals surface area contributed by atoms with Crippen molar-refractivity contribution in [2.45, 2.75) is 87.5 Å². The second-order valence-electron chi connectivity index (χ2n) is 12.6. The zero-order valence-electron chi connectivity index (χ0n) is 24.6. The summed E-state index contributed by atoms with van der Waals surface area (Å²) >= 11 is 1.67. The average molecular weight is 568 g/mol. The van der Waals surface area contributed by atoms with Crippen LogP contribution in [0.3, 0.4) is 0 Å². The molecule has 8 heteroatoms. The van der Waals surface area contributed by atoms with E-state index in [1.54, 1.807) is 38.6 Å². The van der Waals surface area contributed by atoms with Gasteiger partial charge in [-0.2, -0.15) is 0 Å². The normalized spacial score (nSPS) is 29.7. The predicted octanol–water partition coefficient (Wildman–Crippen LogP) is 4.27. The van der Waals surface area contributed by atoms with Gasteiger partial charge < -0.3 is 19.8 Å². The van der Waals surface area contributed by atoms with Gasteiger partial charge in [0.1, 0.15) is 6.04 Å². The van der Waals surface area contributed by atoms with Gasteiger partial charge in [-0.1, -0.05) is 49.4 Å². The Morgan fingerprint density at radius 2 is 1.80 bits per heavy atom. The highest BCUT2D eigenvalue weighted by atomic mass is 32.2. The molecule has 1 N–H and O–H groups in total. The minimum atomic E-state index is -0.757. The highest BCUT2D eigenvalue weighted by Crippen LogP contribution is 2.72. The van der Waals surface area contributed by atoms with Gasteiger partial charge in [0.15, 0.2) is 0 Å². The Kier molecular flexibility index (Phi) is 8.63. The number of carbonyl (C=O) groups is 3. The third-order valence-electron chi connectivity index (χ3n) is 9.05. The van der Waals surface area contributed by atoms with Gasteiger partial charge in [0.25, 0.3) is 0 Å². The summed E-state index contributed by atoms with van der Waals surface area (Å²) < 4.78 is -1.20. The molecule has 2 bridgehead atoms. The van der Waals surface area contributed by atoms with Crippen molar-refractivity contribution in [3.8, 4) is 0 Å². The van der Waals surface area contributed by atoms with Crippen molar-refractivity contribution in [1.82, 2.24) is 14.7 Å². The van der Waals surface area contributed by atoms with Crippen LogP contribution in [0, 0.1) is 11.8 Å². The summed E-state index contributed by atoms with van der Waals surface area (Å²) in [7, 11) is 0. The molecule has 3 aliphatic rings. The molecule has 6 atom stereocenters. The lowest BCUT2D eigenvalue weighted by atomic mass is 9.66. The van der Waals surface area contributed by atoms with Gasteiger partial charge in [-0.05, 0) is 52.5 Å². The molecule has 7 nitrogen and oxygen atoms in total. The molecule has 4 rings (SSSR count). The van der Waals surface area contributed by atoms with Crippen LogP contribution in [0.25, 0.3) is 0 Å². The standard InChI is InChI=1S/C32H45N3O4S/c1-8-18-33(20-22-14-12-11-13-15-22)27(37)24-25-28(38)35(23(10-3)21-36)26(32(25)17-16-31(24,7)40-32)29(39)34(19-9-2)30(4,5)6/h8-9,11-15,23-26,36H,1-2,10,16-21H2,3-7H3/t23-,24-,25-,26?,31+,32?/m0/s1. The van der Waals surface area contributed by atoms with E-state index in [0.29, 0.717) is 32.5 Å². The van der Waals surface area contributed by atoms with E-state index >= 15 is 0 Å². The number of hydrogen-bond donors (Lipinski definition) is 1. The van der Waals surface area contributed by atoms with E-state index in [1.165, 1.54) is 0 Å². The summed E-state index contributed by atoms with van der Waals surface area (Å²) in [5.41, 5.74) is 0.518. The van der Waals surface area contributed by atoms with E-state index in [9.17, 15) is 19.5 Å². The minimum absolute atomic E-state index is 0.0671. The third kappa shape index (κ3) is 4.91. The molecule has 1 aromatic rings. The number of fused-ring (bicyclic) bond motifs is 1.